The number of hydrogen-bond donors (Lipinski definition) is 0. The van der Waals surface area contributed by atoms with Gasteiger partial charge in [-0.15, -0.1) is 11.3 Å². The lowest BCUT2D eigenvalue weighted by Crippen LogP contribution is -2.55. The second-order valence-corrected chi connectivity index (χ2v) is 12.0. The number of thiophene rings is 1. The molecule has 2 heteroatoms. The monoisotopic (exact) mass is 508 g/mol. The van der Waals surface area contributed by atoms with Crippen LogP contribution < -0.4 is 16.4 Å². The quantitative estimate of drug-likeness (QED) is 0.211. The lowest BCUT2D eigenvalue weighted by molar-refractivity contribution is 1.34. The summed E-state index contributed by atoms with van der Waals surface area (Å²) in [6.45, 7) is 13.7. The highest BCUT2D eigenvalue weighted by Crippen LogP contribution is 2.39. The minimum Gasteiger partial charge on any atom is -0.135 e. The third-order valence-electron chi connectivity index (χ3n) is 8.01. The summed E-state index contributed by atoms with van der Waals surface area (Å²) in [4.78, 5) is 0. The zero-order valence-corrected chi connectivity index (χ0v) is 24.0. The van der Waals surface area contributed by atoms with Crippen molar-refractivity contribution in [3.8, 4) is 11.1 Å². The molecule has 0 unspecified atom stereocenters. The average molecular weight is 509 g/mol. The van der Waals surface area contributed by atoms with Gasteiger partial charge in [-0.05, 0) is 58.7 Å². The first-order chi connectivity index (χ1) is 18.3. The van der Waals surface area contributed by atoms with Gasteiger partial charge in [0.2, 0.25) is 6.71 Å². The predicted octanol–water partition coefficient (Wildman–Crippen LogP) is 8.09. The van der Waals surface area contributed by atoms with E-state index in [0.29, 0.717) is 0 Å². The molecular formula is C36H33BS. The average Bonchev–Trinajstić information content (AvgIpc) is 3.26. The molecule has 0 bridgehead atoms. The Morgan fingerprint density at radius 3 is 1.63 bits per heavy atom. The summed E-state index contributed by atoms with van der Waals surface area (Å²) in [7, 11) is 0. The maximum Gasteiger partial charge on any atom is 0.242 e. The van der Waals surface area contributed by atoms with Gasteiger partial charge < -0.3 is 0 Å². The van der Waals surface area contributed by atoms with E-state index < -0.39 is 0 Å². The van der Waals surface area contributed by atoms with Gasteiger partial charge in [0.15, 0.2) is 0 Å². The molecule has 1 heterocycles. The predicted molar refractivity (Wildman–Crippen MR) is 171 cm³/mol. The van der Waals surface area contributed by atoms with Crippen molar-refractivity contribution in [1.82, 2.24) is 0 Å². The zero-order valence-electron chi connectivity index (χ0n) is 23.1. The molecule has 0 radical (unpaired) electrons. The summed E-state index contributed by atoms with van der Waals surface area (Å²) >= 11 is 1.90. The van der Waals surface area contributed by atoms with Crippen molar-refractivity contribution in [2.45, 2.75) is 41.5 Å². The lowest BCUT2D eigenvalue weighted by atomic mass is 9.34. The summed E-state index contributed by atoms with van der Waals surface area (Å²) in [5.41, 5.74) is 14.9. The second kappa shape index (κ2) is 9.60. The smallest absolute Gasteiger partial charge is 0.135 e. The van der Waals surface area contributed by atoms with Crippen molar-refractivity contribution in [3.05, 3.63) is 124 Å². The first kappa shape index (κ1) is 24.7. The molecule has 0 saturated heterocycles. The van der Waals surface area contributed by atoms with Gasteiger partial charge in [0.1, 0.15) is 0 Å². The van der Waals surface area contributed by atoms with Crippen LogP contribution in [0.3, 0.4) is 0 Å². The molecule has 0 N–H and O–H groups in total. The fraction of sp³-hybridized carbons (Fsp3) is 0.167. The van der Waals surface area contributed by atoms with Crippen LogP contribution in [0.5, 0.6) is 0 Å². The molecule has 6 rings (SSSR count). The Hall–Kier alpha value is -3.62. The lowest BCUT2D eigenvalue weighted by Gasteiger charge is -2.24. The van der Waals surface area contributed by atoms with E-state index in [1.165, 1.54) is 81.1 Å². The number of hydrogen-bond acceptors (Lipinski definition) is 1. The van der Waals surface area contributed by atoms with Crippen LogP contribution in [-0.2, 0) is 0 Å². The van der Waals surface area contributed by atoms with E-state index in [0.717, 1.165) is 0 Å². The van der Waals surface area contributed by atoms with Crippen LogP contribution in [0.15, 0.2) is 91.0 Å². The molecule has 0 aliphatic heterocycles. The van der Waals surface area contributed by atoms with Gasteiger partial charge in [0.05, 0.1) is 0 Å². The topological polar surface area (TPSA) is 0 Å². The Morgan fingerprint density at radius 1 is 0.526 bits per heavy atom. The Bertz CT molecular complexity index is 1720. The van der Waals surface area contributed by atoms with Gasteiger partial charge in [0.25, 0.3) is 0 Å². The van der Waals surface area contributed by atoms with Crippen molar-refractivity contribution in [1.29, 1.82) is 0 Å². The van der Waals surface area contributed by atoms with Crippen LogP contribution in [0, 0.1) is 41.5 Å². The number of fused-ring (bicyclic) bond motifs is 3. The maximum absolute atomic E-state index is 2.36. The van der Waals surface area contributed by atoms with Gasteiger partial charge in [-0.1, -0.05) is 135 Å². The molecule has 0 aliphatic rings. The van der Waals surface area contributed by atoms with E-state index in [2.05, 4.69) is 133 Å². The van der Waals surface area contributed by atoms with Gasteiger partial charge >= 0.3 is 0 Å². The molecule has 0 fully saturated rings. The fourth-order valence-electron chi connectivity index (χ4n) is 6.60. The highest BCUT2D eigenvalue weighted by Gasteiger charge is 2.28. The van der Waals surface area contributed by atoms with E-state index in [-0.39, 0.29) is 6.71 Å². The molecule has 1 aromatic heterocycles. The molecule has 0 spiro atoms. The van der Waals surface area contributed by atoms with Crippen LogP contribution >= 0.6 is 11.3 Å². The van der Waals surface area contributed by atoms with Crippen LogP contribution in [-0.4, -0.2) is 6.71 Å². The normalized spacial score (nSPS) is 11.4. The van der Waals surface area contributed by atoms with Gasteiger partial charge in [-0.25, -0.2) is 0 Å². The molecule has 38 heavy (non-hydrogen) atoms. The van der Waals surface area contributed by atoms with Crippen molar-refractivity contribution in [3.63, 3.8) is 0 Å². The van der Waals surface area contributed by atoms with Crippen LogP contribution in [0.25, 0.3) is 31.3 Å². The van der Waals surface area contributed by atoms with E-state index in [1.54, 1.807) is 0 Å². The first-order valence-electron chi connectivity index (χ1n) is 13.5. The third kappa shape index (κ3) is 4.18. The van der Waals surface area contributed by atoms with Gasteiger partial charge in [-0.2, -0.15) is 0 Å². The molecule has 5 aromatic carbocycles. The van der Waals surface area contributed by atoms with E-state index in [4.69, 9.17) is 0 Å². The Morgan fingerprint density at radius 2 is 1.05 bits per heavy atom. The van der Waals surface area contributed by atoms with E-state index in [1.807, 2.05) is 11.3 Å². The Balaban J connectivity index is 1.53. The zero-order chi connectivity index (χ0) is 26.6. The maximum atomic E-state index is 2.36. The molecular weight excluding hydrogens is 475 g/mol. The summed E-state index contributed by atoms with van der Waals surface area (Å²) in [5, 5.41) is 2.70. The molecule has 0 nitrogen and oxygen atoms in total. The largest absolute Gasteiger partial charge is 0.242 e. The third-order valence-corrected chi connectivity index (χ3v) is 9.23. The molecule has 186 valence electrons. The Labute approximate surface area is 231 Å². The molecule has 0 aliphatic carbocycles. The minimum absolute atomic E-state index is 0.199. The van der Waals surface area contributed by atoms with Crippen LogP contribution in [0.1, 0.15) is 33.4 Å². The number of rotatable bonds is 4. The van der Waals surface area contributed by atoms with Crippen LogP contribution in [0.2, 0.25) is 0 Å². The SMILES string of the molecule is Cc1cc(C)c(B(c2ccc(-c3cccc4c3sc3ccccc34)cc2)c2c(C)cc(C)cc2C)c(C)c1. The van der Waals surface area contributed by atoms with E-state index >= 15 is 0 Å². The summed E-state index contributed by atoms with van der Waals surface area (Å²) in [6, 6.07) is 34.2. The second-order valence-electron chi connectivity index (χ2n) is 11.0. The molecule has 0 atom stereocenters. The Kier molecular flexibility index (Phi) is 6.24. The summed E-state index contributed by atoms with van der Waals surface area (Å²) < 4.78 is 2.72. The number of aryl methyl sites for hydroxylation is 6. The fourth-order valence-corrected chi connectivity index (χ4v) is 7.84. The highest BCUT2D eigenvalue weighted by molar-refractivity contribution is 7.26. The van der Waals surface area contributed by atoms with Crippen molar-refractivity contribution in [2.24, 2.45) is 0 Å². The number of benzene rings is 5. The van der Waals surface area contributed by atoms with Crippen molar-refractivity contribution >= 4 is 54.6 Å². The van der Waals surface area contributed by atoms with Crippen molar-refractivity contribution in [2.75, 3.05) is 0 Å². The van der Waals surface area contributed by atoms with Crippen molar-refractivity contribution < 1.29 is 0 Å². The first-order valence-corrected chi connectivity index (χ1v) is 14.3. The van der Waals surface area contributed by atoms with Gasteiger partial charge in [-0.3, -0.25) is 0 Å². The van der Waals surface area contributed by atoms with Gasteiger partial charge in [0, 0.05) is 20.2 Å². The molecule has 0 saturated carbocycles. The highest BCUT2D eigenvalue weighted by atomic mass is 32.1. The summed E-state index contributed by atoms with van der Waals surface area (Å²) in [5.74, 6) is 0. The van der Waals surface area contributed by atoms with Crippen LogP contribution in [0.4, 0.5) is 0 Å². The molecule has 0 amide bonds. The standard InChI is InChI=1S/C36H33BS/c1-22-18-24(3)34(25(4)19-22)37(35-26(5)20-23(2)21-27(35)6)29-16-14-28(15-17-29)30-11-9-12-32-31-10-7-8-13-33(31)38-36(30)32/h7-21H,1-6H3. The summed E-state index contributed by atoms with van der Waals surface area (Å²) in [6.07, 6.45) is 0. The minimum atomic E-state index is 0.199. The van der Waals surface area contributed by atoms with E-state index in [9.17, 15) is 0 Å². The molecule has 6 aromatic rings.